The average molecular weight is 251 g/mol. The Kier molecular flexibility index (Phi) is 8.08. The number of hydrogen-bond acceptors (Lipinski definition) is 3. The number of hydrogen-bond donors (Lipinski definition) is 0. The third-order valence-corrected chi connectivity index (χ3v) is 1.80. The van der Waals surface area contributed by atoms with Crippen LogP contribution in [0.2, 0.25) is 0 Å². The summed E-state index contributed by atoms with van der Waals surface area (Å²) in [6.07, 6.45) is 2.51. The van der Waals surface area contributed by atoms with E-state index in [-0.39, 0.29) is 6.29 Å². The van der Waals surface area contributed by atoms with E-state index >= 15 is 0 Å². The van der Waals surface area contributed by atoms with Crippen molar-refractivity contribution in [2.24, 2.45) is 0 Å². The standard InChI is InChI=1S/C5H12O2.C4H3BrO/c1-4-5(6-2)7-3;5-4-2-1-3-6-4/h5H,4H2,1-3H3;1-3H. The van der Waals surface area contributed by atoms with E-state index < -0.39 is 0 Å². The van der Waals surface area contributed by atoms with Gasteiger partial charge in [-0.3, -0.25) is 0 Å². The number of rotatable bonds is 3. The molecule has 0 bridgehead atoms. The van der Waals surface area contributed by atoms with Crippen molar-refractivity contribution in [3.8, 4) is 0 Å². The smallest absolute Gasteiger partial charge is 0.168 e. The summed E-state index contributed by atoms with van der Waals surface area (Å²) in [4.78, 5) is 0. The molecule has 0 spiro atoms. The highest BCUT2D eigenvalue weighted by atomic mass is 79.9. The maximum Gasteiger partial charge on any atom is 0.168 e. The van der Waals surface area contributed by atoms with E-state index in [1.54, 1.807) is 20.5 Å². The van der Waals surface area contributed by atoms with E-state index in [1.807, 2.05) is 19.1 Å². The molecule has 0 amide bonds. The molecular weight excluding hydrogens is 236 g/mol. The summed E-state index contributed by atoms with van der Waals surface area (Å²) in [5, 5.41) is 0. The molecule has 0 aromatic carbocycles. The lowest BCUT2D eigenvalue weighted by atomic mass is 10.5. The Labute approximate surface area is 87.2 Å². The van der Waals surface area contributed by atoms with Gasteiger partial charge in [0.05, 0.1) is 6.26 Å². The maximum absolute atomic E-state index is 4.83. The van der Waals surface area contributed by atoms with E-state index in [2.05, 4.69) is 15.9 Å². The second-order valence-electron chi connectivity index (χ2n) is 2.23. The summed E-state index contributed by atoms with van der Waals surface area (Å²) in [5.74, 6) is 0. The van der Waals surface area contributed by atoms with Gasteiger partial charge in [0.15, 0.2) is 11.0 Å². The first-order valence-electron chi connectivity index (χ1n) is 3.99. The molecule has 0 N–H and O–H groups in total. The van der Waals surface area contributed by atoms with Gasteiger partial charge in [-0.15, -0.1) is 0 Å². The highest BCUT2D eigenvalue weighted by Gasteiger charge is 1.96. The van der Waals surface area contributed by atoms with E-state index in [4.69, 9.17) is 13.9 Å². The van der Waals surface area contributed by atoms with Crippen molar-refractivity contribution in [2.75, 3.05) is 14.2 Å². The summed E-state index contributed by atoms with van der Waals surface area (Å²) in [7, 11) is 3.27. The van der Waals surface area contributed by atoms with Crippen molar-refractivity contribution >= 4 is 15.9 Å². The van der Waals surface area contributed by atoms with Crippen LogP contribution >= 0.6 is 15.9 Å². The van der Waals surface area contributed by atoms with Crippen LogP contribution < -0.4 is 0 Å². The Bertz CT molecular complexity index is 177. The molecule has 4 heteroatoms. The minimum Gasteiger partial charge on any atom is -0.458 e. The number of ether oxygens (including phenoxy) is 2. The molecule has 0 aliphatic carbocycles. The lowest BCUT2D eigenvalue weighted by molar-refractivity contribution is -0.103. The molecule has 0 aliphatic rings. The fraction of sp³-hybridized carbons (Fsp3) is 0.556. The highest BCUT2D eigenvalue weighted by Crippen LogP contribution is 2.06. The van der Waals surface area contributed by atoms with Crippen LogP contribution in [0.1, 0.15) is 13.3 Å². The summed E-state index contributed by atoms with van der Waals surface area (Å²) >= 11 is 3.11. The maximum atomic E-state index is 4.83. The summed E-state index contributed by atoms with van der Waals surface area (Å²) in [6.45, 7) is 2.01. The van der Waals surface area contributed by atoms with Crippen molar-refractivity contribution in [1.82, 2.24) is 0 Å². The number of methoxy groups -OCH3 is 2. The van der Waals surface area contributed by atoms with E-state index in [0.717, 1.165) is 11.1 Å². The normalized spacial score (nSPS) is 9.62. The van der Waals surface area contributed by atoms with E-state index in [1.165, 1.54) is 0 Å². The fourth-order valence-corrected chi connectivity index (χ4v) is 0.949. The van der Waals surface area contributed by atoms with Crippen LogP contribution in [0.25, 0.3) is 0 Å². The summed E-state index contributed by atoms with van der Waals surface area (Å²) in [5.41, 5.74) is 0. The van der Waals surface area contributed by atoms with Crippen LogP contribution in [0.4, 0.5) is 0 Å². The SMILES string of the molecule is Brc1ccco1.CCC(OC)OC. The van der Waals surface area contributed by atoms with Crippen LogP contribution in [0.3, 0.4) is 0 Å². The summed E-state index contributed by atoms with van der Waals surface area (Å²) in [6, 6.07) is 3.66. The van der Waals surface area contributed by atoms with Crippen LogP contribution in [0.5, 0.6) is 0 Å². The molecule has 1 rings (SSSR count). The van der Waals surface area contributed by atoms with Crippen molar-refractivity contribution < 1.29 is 13.9 Å². The first-order valence-corrected chi connectivity index (χ1v) is 4.78. The molecule has 1 heterocycles. The third kappa shape index (κ3) is 6.81. The van der Waals surface area contributed by atoms with Crippen LogP contribution in [-0.4, -0.2) is 20.5 Å². The lowest BCUT2D eigenvalue weighted by Crippen LogP contribution is -2.10. The molecule has 0 radical (unpaired) electrons. The summed E-state index contributed by atoms with van der Waals surface area (Å²) < 4.78 is 15.2. The average Bonchev–Trinajstić information content (AvgIpc) is 2.60. The number of furan rings is 1. The zero-order chi connectivity index (χ0) is 10.1. The van der Waals surface area contributed by atoms with Gasteiger partial charge in [0.25, 0.3) is 0 Å². The number of halogens is 1. The molecule has 3 nitrogen and oxygen atoms in total. The van der Waals surface area contributed by atoms with Crippen LogP contribution in [0.15, 0.2) is 27.5 Å². The van der Waals surface area contributed by atoms with E-state index in [0.29, 0.717) is 0 Å². The largest absolute Gasteiger partial charge is 0.458 e. The quantitative estimate of drug-likeness (QED) is 0.773. The van der Waals surface area contributed by atoms with Crippen molar-refractivity contribution in [3.05, 3.63) is 23.1 Å². The fourth-order valence-electron chi connectivity index (χ4n) is 0.688. The van der Waals surface area contributed by atoms with Gasteiger partial charge < -0.3 is 13.9 Å². The minimum atomic E-state index is -0.0139. The molecule has 0 aliphatic heterocycles. The predicted molar refractivity (Wildman–Crippen MR) is 54.5 cm³/mol. The highest BCUT2D eigenvalue weighted by molar-refractivity contribution is 9.10. The Hall–Kier alpha value is -0.320. The van der Waals surface area contributed by atoms with Gasteiger partial charge in [0.2, 0.25) is 0 Å². The van der Waals surface area contributed by atoms with Crippen LogP contribution in [0, 0.1) is 0 Å². The molecule has 13 heavy (non-hydrogen) atoms. The first-order chi connectivity index (χ1) is 6.24. The van der Waals surface area contributed by atoms with Gasteiger partial charge in [0.1, 0.15) is 0 Å². The van der Waals surface area contributed by atoms with Gasteiger partial charge in [-0.05, 0) is 34.5 Å². The zero-order valence-corrected chi connectivity index (χ0v) is 9.71. The molecule has 0 atom stereocenters. The Morgan fingerprint density at radius 3 is 2.15 bits per heavy atom. The molecule has 0 saturated carbocycles. The van der Waals surface area contributed by atoms with E-state index in [9.17, 15) is 0 Å². The lowest BCUT2D eigenvalue weighted by Gasteiger charge is -2.08. The third-order valence-electron chi connectivity index (χ3n) is 1.35. The molecule has 76 valence electrons. The zero-order valence-electron chi connectivity index (χ0n) is 8.12. The van der Waals surface area contributed by atoms with Crippen LogP contribution in [-0.2, 0) is 9.47 Å². The molecule has 0 unspecified atom stereocenters. The molecular formula is C9H15BrO3. The van der Waals surface area contributed by atoms with Gasteiger partial charge in [-0.25, -0.2) is 0 Å². The molecule has 0 fully saturated rings. The van der Waals surface area contributed by atoms with Crippen molar-refractivity contribution in [3.63, 3.8) is 0 Å². The van der Waals surface area contributed by atoms with Gasteiger partial charge in [0, 0.05) is 14.2 Å². The Balaban J connectivity index is 0.000000223. The van der Waals surface area contributed by atoms with Gasteiger partial charge >= 0.3 is 0 Å². The van der Waals surface area contributed by atoms with Crippen molar-refractivity contribution in [1.29, 1.82) is 0 Å². The van der Waals surface area contributed by atoms with Gasteiger partial charge in [-0.2, -0.15) is 0 Å². The molecule has 0 saturated heterocycles. The Morgan fingerprint density at radius 2 is 2.08 bits per heavy atom. The molecule has 1 aromatic rings. The second kappa shape index (κ2) is 8.29. The monoisotopic (exact) mass is 250 g/mol. The molecule has 1 aromatic heterocycles. The topological polar surface area (TPSA) is 31.6 Å². The van der Waals surface area contributed by atoms with Gasteiger partial charge in [-0.1, -0.05) is 6.92 Å². The first kappa shape index (κ1) is 12.7. The van der Waals surface area contributed by atoms with Crippen molar-refractivity contribution in [2.45, 2.75) is 19.6 Å². The Morgan fingerprint density at radius 1 is 1.46 bits per heavy atom. The minimum absolute atomic E-state index is 0.0139. The predicted octanol–water partition coefficient (Wildman–Crippen LogP) is 3.06. The second-order valence-corrected chi connectivity index (χ2v) is 3.01.